The Kier molecular flexibility index (Phi) is 4.92. The summed E-state index contributed by atoms with van der Waals surface area (Å²) in [5, 5.41) is 6.09. The number of nitrogens with one attached hydrogen (secondary N) is 2. The third-order valence-electron chi connectivity index (χ3n) is 3.42. The van der Waals surface area contributed by atoms with E-state index in [1.54, 1.807) is 42.5 Å². The zero-order chi connectivity index (χ0) is 17.0. The van der Waals surface area contributed by atoms with Gasteiger partial charge in [-0.05, 0) is 12.1 Å². The third-order valence-corrected chi connectivity index (χ3v) is 6.78. The number of allylic oxidation sites excluding steroid dienone is 1. The van der Waals surface area contributed by atoms with Crippen molar-refractivity contribution in [2.45, 2.75) is 4.90 Å². The molecule has 1 aliphatic rings. The van der Waals surface area contributed by atoms with Crippen molar-refractivity contribution in [3.63, 3.8) is 0 Å². The van der Waals surface area contributed by atoms with E-state index < -0.39 is 8.87 Å². The molecule has 2 aromatic rings. The molecule has 0 saturated carbocycles. The lowest BCUT2D eigenvalue weighted by molar-refractivity contribution is 0.104. The monoisotopic (exact) mass is 360 g/mol. The summed E-state index contributed by atoms with van der Waals surface area (Å²) in [4.78, 5) is 13.1. The van der Waals surface area contributed by atoms with Crippen LogP contribution in [-0.4, -0.2) is 27.3 Å². The number of carbonyl (C=O) groups excluding carboxylic acids is 1. The van der Waals surface area contributed by atoms with Crippen molar-refractivity contribution >= 4 is 25.4 Å². The van der Waals surface area contributed by atoms with E-state index in [0.717, 1.165) is 0 Å². The largest absolute Gasteiger partial charge is 0.369 e. The lowest BCUT2D eigenvalue weighted by Crippen LogP contribution is -2.18. The zero-order valence-electron chi connectivity index (χ0n) is 12.7. The van der Waals surface area contributed by atoms with E-state index in [2.05, 4.69) is 10.6 Å². The summed E-state index contributed by atoms with van der Waals surface area (Å²) in [6.07, 6.45) is 0. The molecule has 2 N–H and O–H groups in total. The van der Waals surface area contributed by atoms with E-state index in [4.69, 9.17) is 0 Å². The highest BCUT2D eigenvalue weighted by Crippen LogP contribution is 2.33. The van der Waals surface area contributed by atoms with Gasteiger partial charge < -0.3 is 10.6 Å². The second kappa shape index (κ2) is 7.11. The molecule has 1 saturated heterocycles. The SMILES string of the molecule is O=C(C(SS(=O)(=O)c1ccccc1)=C1NCCN1)c1ccccc1. The minimum Gasteiger partial charge on any atom is -0.369 e. The summed E-state index contributed by atoms with van der Waals surface area (Å²) in [6, 6.07) is 16.8. The summed E-state index contributed by atoms with van der Waals surface area (Å²) >= 11 is 0. The molecule has 0 bridgehead atoms. The van der Waals surface area contributed by atoms with Gasteiger partial charge in [0.2, 0.25) is 14.7 Å². The molecule has 1 heterocycles. The minimum absolute atomic E-state index is 0.155. The van der Waals surface area contributed by atoms with Gasteiger partial charge in [-0.3, -0.25) is 4.79 Å². The first-order valence-electron chi connectivity index (χ1n) is 7.39. The Morgan fingerprint density at radius 3 is 2.00 bits per heavy atom. The third kappa shape index (κ3) is 3.63. The van der Waals surface area contributed by atoms with Crippen molar-refractivity contribution in [2.75, 3.05) is 13.1 Å². The Balaban J connectivity index is 1.98. The Bertz CT molecular complexity index is 855. The average Bonchev–Trinajstić information content (AvgIpc) is 3.15. The molecule has 0 aromatic heterocycles. The van der Waals surface area contributed by atoms with Gasteiger partial charge in [0.1, 0.15) is 10.7 Å². The molecule has 2 aromatic carbocycles. The quantitative estimate of drug-likeness (QED) is 0.484. The number of hydrogen-bond donors (Lipinski definition) is 2. The van der Waals surface area contributed by atoms with Crippen molar-refractivity contribution in [1.29, 1.82) is 0 Å². The molecule has 1 fully saturated rings. The van der Waals surface area contributed by atoms with Gasteiger partial charge in [-0.25, -0.2) is 8.42 Å². The molecule has 7 heteroatoms. The van der Waals surface area contributed by atoms with Crippen LogP contribution < -0.4 is 10.6 Å². The van der Waals surface area contributed by atoms with Crippen LogP contribution in [0.15, 0.2) is 76.3 Å². The maximum absolute atomic E-state index is 12.8. The highest BCUT2D eigenvalue weighted by Gasteiger charge is 2.27. The fourth-order valence-electron chi connectivity index (χ4n) is 2.26. The summed E-state index contributed by atoms with van der Waals surface area (Å²) in [6.45, 7) is 1.29. The van der Waals surface area contributed by atoms with E-state index in [1.807, 2.05) is 6.07 Å². The van der Waals surface area contributed by atoms with E-state index in [0.29, 0.717) is 35.3 Å². The van der Waals surface area contributed by atoms with Gasteiger partial charge in [0, 0.05) is 29.4 Å². The Morgan fingerprint density at radius 1 is 0.875 bits per heavy atom. The Hall–Kier alpha value is -2.25. The molecule has 124 valence electrons. The van der Waals surface area contributed by atoms with Gasteiger partial charge in [0.05, 0.1) is 4.90 Å². The fourth-order valence-corrected chi connectivity index (χ4v) is 5.24. The molecule has 5 nitrogen and oxygen atoms in total. The summed E-state index contributed by atoms with van der Waals surface area (Å²) < 4.78 is 25.3. The first-order valence-corrected chi connectivity index (χ1v) is 10.2. The van der Waals surface area contributed by atoms with Gasteiger partial charge in [0.25, 0.3) is 0 Å². The van der Waals surface area contributed by atoms with Gasteiger partial charge >= 0.3 is 0 Å². The van der Waals surface area contributed by atoms with E-state index in [1.165, 1.54) is 12.1 Å². The minimum atomic E-state index is -3.69. The van der Waals surface area contributed by atoms with Crippen LogP contribution in [0.4, 0.5) is 0 Å². The van der Waals surface area contributed by atoms with Crippen molar-refractivity contribution in [2.24, 2.45) is 0 Å². The lowest BCUT2D eigenvalue weighted by Gasteiger charge is -2.11. The Labute approximate surface area is 144 Å². The van der Waals surface area contributed by atoms with Crippen molar-refractivity contribution in [3.8, 4) is 0 Å². The van der Waals surface area contributed by atoms with Crippen molar-refractivity contribution in [3.05, 3.63) is 77.0 Å². The molecule has 24 heavy (non-hydrogen) atoms. The summed E-state index contributed by atoms with van der Waals surface area (Å²) in [5.41, 5.74) is 0.450. The normalized spacial score (nSPS) is 13.9. The van der Waals surface area contributed by atoms with Gasteiger partial charge in [-0.1, -0.05) is 48.5 Å². The molecule has 0 aliphatic carbocycles. The van der Waals surface area contributed by atoms with Crippen LogP contribution in [0.5, 0.6) is 0 Å². The number of ketones is 1. The molecule has 0 amide bonds. The topological polar surface area (TPSA) is 75.3 Å². The van der Waals surface area contributed by atoms with E-state index in [-0.39, 0.29) is 15.6 Å². The van der Waals surface area contributed by atoms with Crippen LogP contribution in [0, 0.1) is 0 Å². The molecule has 1 aliphatic heterocycles. The van der Waals surface area contributed by atoms with Gasteiger partial charge in [-0.2, -0.15) is 0 Å². The number of carbonyl (C=O) groups is 1. The lowest BCUT2D eigenvalue weighted by atomic mass is 10.1. The van der Waals surface area contributed by atoms with Crippen LogP contribution >= 0.6 is 10.8 Å². The first kappa shape index (κ1) is 16.6. The Morgan fingerprint density at radius 2 is 1.42 bits per heavy atom. The summed E-state index contributed by atoms with van der Waals surface area (Å²) in [5.74, 6) is 0.144. The number of benzene rings is 2. The van der Waals surface area contributed by atoms with Crippen molar-refractivity contribution in [1.82, 2.24) is 10.6 Å². The highest BCUT2D eigenvalue weighted by atomic mass is 33.1. The number of hydrogen-bond acceptors (Lipinski definition) is 6. The first-order chi connectivity index (χ1) is 11.6. The van der Waals surface area contributed by atoms with Crippen LogP contribution in [-0.2, 0) is 8.87 Å². The molecule has 0 unspecified atom stereocenters. The predicted octanol–water partition coefficient (Wildman–Crippen LogP) is 2.35. The van der Waals surface area contributed by atoms with Crippen LogP contribution in [0.25, 0.3) is 0 Å². The second-order valence-electron chi connectivity index (χ2n) is 5.10. The standard InChI is InChI=1S/C17H16N2O3S2/c20-15(13-7-3-1-4-8-13)16(17-18-11-12-19-17)23-24(21,22)14-9-5-2-6-10-14/h1-10,18-19H,11-12H2. The molecular formula is C17H16N2O3S2. The maximum Gasteiger partial charge on any atom is 0.234 e. The zero-order valence-corrected chi connectivity index (χ0v) is 14.4. The van der Waals surface area contributed by atoms with E-state index >= 15 is 0 Å². The molecule has 0 atom stereocenters. The molecule has 0 radical (unpaired) electrons. The smallest absolute Gasteiger partial charge is 0.234 e. The number of rotatable bonds is 5. The maximum atomic E-state index is 12.8. The number of Topliss-reactive ketones (excluding diaryl/α,β-unsaturated/α-hetero) is 1. The molecule has 3 rings (SSSR count). The van der Waals surface area contributed by atoms with Crippen LogP contribution in [0.1, 0.15) is 10.4 Å². The van der Waals surface area contributed by atoms with Gasteiger partial charge in [0.15, 0.2) is 0 Å². The highest BCUT2D eigenvalue weighted by molar-refractivity contribution is 8.73. The molecular weight excluding hydrogens is 344 g/mol. The molecule has 0 spiro atoms. The van der Waals surface area contributed by atoms with Gasteiger partial charge in [-0.15, -0.1) is 0 Å². The second-order valence-corrected chi connectivity index (χ2v) is 8.87. The van der Waals surface area contributed by atoms with Crippen LogP contribution in [0.2, 0.25) is 0 Å². The van der Waals surface area contributed by atoms with Crippen molar-refractivity contribution < 1.29 is 13.2 Å². The van der Waals surface area contributed by atoms with E-state index in [9.17, 15) is 13.2 Å². The predicted molar refractivity (Wildman–Crippen MR) is 95.0 cm³/mol. The summed E-state index contributed by atoms with van der Waals surface area (Å²) in [7, 11) is -3.11. The van der Waals surface area contributed by atoms with Crippen LogP contribution in [0.3, 0.4) is 0 Å². The fraction of sp³-hybridized carbons (Fsp3) is 0.118. The average molecular weight is 360 g/mol.